The van der Waals surface area contributed by atoms with Crippen LogP contribution < -0.4 is 16.4 Å². The third kappa shape index (κ3) is 9.10. The molecule has 2 aromatic rings. The number of esters is 1. The molecule has 0 spiro atoms. The van der Waals surface area contributed by atoms with Gasteiger partial charge in [0.2, 0.25) is 0 Å². The number of nitrogens with zero attached hydrogens (tertiary/aromatic N) is 1. The SMILES string of the molecule is CC(=O)OC(F)(F)F.CC[N+]1(CC2CCCCC2)CCc2c(sc(NC(=O)Nc3ccc(Cl)cc3)c2C(N)=O)C1. The molecule has 0 bridgehead atoms. The fourth-order valence-corrected chi connectivity index (χ4v) is 6.93. The molecule has 1 aliphatic heterocycles. The summed E-state index contributed by atoms with van der Waals surface area (Å²) in [5.41, 5.74) is 7.88. The van der Waals surface area contributed by atoms with Crippen molar-refractivity contribution < 1.29 is 36.8 Å². The number of alkyl halides is 3. The van der Waals surface area contributed by atoms with Crippen molar-refractivity contribution in [2.75, 3.05) is 30.3 Å². The summed E-state index contributed by atoms with van der Waals surface area (Å²) in [4.78, 5) is 35.6. The van der Waals surface area contributed by atoms with E-state index in [2.05, 4.69) is 22.3 Å². The topological polar surface area (TPSA) is 111 Å². The highest BCUT2D eigenvalue weighted by atomic mass is 35.5. The molecule has 4 N–H and O–H groups in total. The summed E-state index contributed by atoms with van der Waals surface area (Å²) in [7, 11) is 0. The van der Waals surface area contributed by atoms with E-state index in [4.69, 9.17) is 17.3 Å². The molecule has 1 aromatic carbocycles. The number of hydrogen-bond donors (Lipinski definition) is 3. The lowest BCUT2D eigenvalue weighted by Crippen LogP contribution is -2.53. The van der Waals surface area contributed by atoms with Crippen LogP contribution in [0.2, 0.25) is 5.02 Å². The van der Waals surface area contributed by atoms with E-state index in [1.807, 2.05) is 0 Å². The number of ether oxygens (including phenoxy) is 1. The van der Waals surface area contributed by atoms with Crippen molar-refractivity contribution >= 4 is 51.5 Å². The Bertz CT molecular complexity index is 1200. The van der Waals surface area contributed by atoms with Gasteiger partial charge in [0.1, 0.15) is 11.5 Å². The van der Waals surface area contributed by atoms with Gasteiger partial charge in [0.25, 0.3) is 5.91 Å². The molecule has 4 rings (SSSR count). The third-order valence-electron chi connectivity index (χ3n) is 7.28. The molecule has 40 heavy (non-hydrogen) atoms. The van der Waals surface area contributed by atoms with Crippen LogP contribution in [0, 0.1) is 5.92 Å². The first-order valence-electron chi connectivity index (χ1n) is 13.2. The van der Waals surface area contributed by atoms with Gasteiger partial charge in [0.05, 0.1) is 30.1 Å². The molecule has 0 saturated heterocycles. The summed E-state index contributed by atoms with van der Waals surface area (Å²) in [6.45, 7) is 7.18. The smallest absolute Gasteiger partial charge is 0.373 e. The van der Waals surface area contributed by atoms with Crippen LogP contribution in [0.5, 0.6) is 0 Å². The van der Waals surface area contributed by atoms with Crippen molar-refractivity contribution in [3.63, 3.8) is 0 Å². The minimum atomic E-state index is -4.83. The lowest BCUT2D eigenvalue weighted by Gasteiger charge is -2.43. The minimum absolute atomic E-state index is 0.396. The highest BCUT2D eigenvalue weighted by Gasteiger charge is 2.38. The molecule has 1 aromatic heterocycles. The number of nitrogens with two attached hydrogens (primary N) is 1. The second-order valence-electron chi connectivity index (χ2n) is 10.2. The molecule has 3 amide bonds. The Morgan fingerprint density at radius 2 is 1.77 bits per heavy atom. The van der Waals surface area contributed by atoms with Crippen LogP contribution in [0.25, 0.3) is 0 Å². The Balaban J connectivity index is 0.000000482. The van der Waals surface area contributed by atoms with E-state index in [1.54, 1.807) is 24.3 Å². The van der Waals surface area contributed by atoms with Gasteiger partial charge in [-0.3, -0.25) is 14.9 Å². The van der Waals surface area contributed by atoms with Gasteiger partial charge in [-0.05, 0) is 49.6 Å². The number of carbonyl (C=O) groups excluding carboxylic acids is 3. The predicted octanol–water partition coefficient (Wildman–Crippen LogP) is 6.69. The Morgan fingerprint density at radius 1 is 1.12 bits per heavy atom. The zero-order chi connectivity index (χ0) is 29.5. The molecule has 220 valence electrons. The number of likely N-dealkylation sites (N-methyl/N-ethyl adjacent to an activating group) is 1. The molecule has 8 nitrogen and oxygen atoms in total. The average Bonchev–Trinajstić information content (AvgIpc) is 3.21. The number of carbonyl (C=O) groups is 3. The van der Waals surface area contributed by atoms with Crippen LogP contribution in [0.15, 0.2) is 24.3 Å². The zero-order valence-electron chi connectivity index (χ0n) is 22.5. The number of anilines is 2. The second-order valence-corrected chi connectivity index (χ2v) is 11.7. The number of amides is 3. The van der Waals surface area contributed by atoms with Gasteiger partial charge in [-0.25, -0.2) is 4.79 Å². The largest absolute Gasteiger partial charge is 0.575 e. The summed E-state index contributed by atoms with van der Waals surface area (Å²) < 4.78 is 36.5. The molecule has 1 aliphatic carbocycles. The normalized spacial score (nSPS) is 19.1. The molecule has 1 fully saturated rings. The van der Waals surface area contributed by atoms with Crippen molar-refractivity contribution in [2.24, 2.45) is 11.7 Å². The highest BCUT2D eigenvalue weighted by molar-refractivity contribution is 7.17. The fraction of sp³-hybridized carbons (Fsp3) is 0.519. The Labute approximate surface area is 240 Å². The Hall–Kier alpha value is -2.83. The number of rotatable bonds is 6. The first-order chi connectivity index (χ1) is 18.8. The number of hydrogen-bond acceptors (Lipinski definition) is 5. The summed E-state index contributed by atoms with van der Waals surface area (Å²) in [6.07, 6.45) is 2.73. The first kappa shape index (κ1) is 31.7. The minimum Gasteiger partial charge on any atom is -0.373 e. The van der Waals surface area contributed by atoms with E-state index in [-0.39, 0.29) is 0 Å². The number of nitrogens with one attached hydrogen (secondary N) is 2. The summed E-state index contributed by atoms with van der Waals surface area (Å²) in [6, 6.07) is 6.49. The van der Waals surface area contributed by atoms with E-state index >= 15 is 0 Å². The molecule has 1 unspecified atom stereocenters. The van der Waals surface area contributed by atoms with Crippen LogP contribution in [0.1, 0.15) is 66.8 Å². The van der Waals surface area contributed by atoms with Crippen LogP contribution in [0.3, 0.4) is 0 Å². The van der Waals surface area contributed by atoms with Crippen molar-refractivity contribution in [3.8, 4) is 0 Å². The fourth-order valence-electron chi connectivity index (χ4n) is 5.42. The van der Waals surface area contributed by atoms with Crippen LogP contribution in [-0.2, 0) is 22.5 Å². The number of fused-ring (bicyclic) bond motifs is 1. The van der Waals surface area contributed by atoms with Crippen molar-refractivity contribution in [2.45, 2.75) is 65.3 Å². The van der Waals surface area contributed by atoms with Gasteiger partial charge in [-0.15, -0.1) is 24.5 Å². The number of benzene rings is 1. The maximum atomic E-state index is 12.6. The second kappa shape index (κ2) is 13.7. The lowest BCUT2D eigenvalue weighted by atomic mass is 9.87. The third-order valence-corrected chi connectivity index (χ3v) is 8.67. The van der Waals surface area contributed by atoms with Crippen LogP contribution >= 0.6 is 22.9 Å². The number of urea groups is 1. The molecule has 1 saturated carbocycles. The van der Waals surface area contributed by atoms with E-state index < -0.39 is 24.3 Å². The monoisotopic (exact) mass is 603 g/mol. The molecule has 2 heterocycles. The van der Waals surface area contributed by atoms with Gasteiger partial charge in [0, 0.05) is 30.0 Å². The first-order valence-corrected chi connectivity index (χ1v) is 14.4. The maximum Gasteiger partial charge on any atom is 0.575 e. The summed E-state index contributed by atoms with van der Waals surface area (Å²) in [5.74, 6) is -1.03. The maximum absolute atomic E-state index is 12.6. The lowest BCUT2D eigenvalue weighted by molar-refractivity contribution is -0.944. The number of primary amides is 1. The summed E-state index contributed by atoms with van der Waals surface area (Å²) in [5, 5.41) is 6.80. The number of thiophene rings is 1. The molecule has 13 heteroatoms. The molecular weight excluding hydrogens is 569 g/mol. The molecule has 2 aliphatic rings. The van der Waals surface area contributed by atoms with Gasteiger partial charge < -0.3 is 20.3 Å². The van der Waals surface area contributed by atoms with Crippen molar-refractivity contribution in [1.29, 1.82) is 0 Å². The standard InChI is InChI=1S/C24H31ClN4O2S.C3H3F3O2/c1-2-29(14-16-6-4-3-5-7-16)13-12-19-20(15-29)32-23(21(19)22(26)30)28-24(31)27-18-10-8-17(25)9-11-18;1-2(7)8-3(4,5)6/h8-11,16H,2-7,12-15H2,1H3,(H3-,26,27,28,30,31);1H3/p+1. The Kier molecular flexibility index (Phi) is 10.8. The number of halogens is 4. The quantitative estimate of drug-likeness (QED) is 0.252. The van der Waals surface area contributed by atoms with E-state index in [0.717, 1.165) is 42.0 Å². The summed E-state index contributed by atoms with van der Waals surface area (Å²) >= 11 is 7.41. The van der Waals surface area contributed by atoms with Gasteiger partial charge in [-0.1, -0.05) is 30.9 Å². The Morgan fingerprint density at radius 3 is 2.30 bits per heavy atom. The van der Waals surface area contributed by atoms with Crippen LogP contribution in [-0.4, -0.2) is 48.4 Å². The van der Waals surface area contributed by atoms with E-state index in [9.17, 15) is 27.6 Å². The molecule has 0 radical (unpaired) electrons. The highest BCUT2D eigenvalue weighted by Crippen LogP contribution is 2.40. The van der Waals surface area contributed by atoms with Gasteiger partial charge in [-0.2, -0.15) is 0 Å². The average molecular weight is 604 g/mol. The number of quaternary nitrogens is 1. The van der Waals surface area contributed by atoms with E-state index in [1.165, 1.54) is 54.9 Å². The van der Waals surface area contributed by atoms with Crippen LogP contribution in [0.4, 0.5) is 28.7 Å². The van der Waals surface area contributed by atoms with Crippen molar-refractivity contribution in [3.05, 3.63) is 45.3 Å². The zero-order valence-corrected chi connectivity index (χ0v) is 24.1. The van der Waals surface area contributed by atoms with E-state index in [0.29, 0.717) is 28.2 Å². The van der Waals surface area contributed by atoms with Gasteiger partial charge >= 0.3 is 18.4 Å². The van der Waals surface area contributed by atoms with Crippen molar-refractivity contribution in [1.82, 2.24) is 0 Å². The molecule has 1 atom stereocenters. The van der Waals surface area contributed by atoms with Gasteiger partial charge in [0.15, 0.2) is 0 Å². The molecular formula is C27H35ClF3N4O4S+. The predicted molar refractivity (Wildman–Crippen MR) is 149 cm³/mol.